The number of ether oxygens (including phenoxy) is 1. The molecule has 0 fully saturated rings. The number of rotatable bonds is 5. The Morgan fingerprint density at radius 2 is 2.30 bits per heavy atom. The van der Waals surface area contributed by atoms with E-state index in [9.17, 15) is 4.79 Å². The zero-order valence-electron chi connectivity index (χ0n) is 6.09. The third-order valence-electron chi connectivity index (χ3n) is 0.945. The minimum Gasteiger partial charge on any atom is -0.394 e. The van der Waals surface area contributed by atoms with Crippen molar-refractivity contribution in [3.8, 4) is 0 Å². The fourth-order valence-electron chi connectivity index (χ4n) is 0.353. The average Bonchev–Trinajstić information content (AvgIpc) is 1.88. The van der Waals surface area contributed by atoms with Crippen LogP contribution in [-0.2, 0) is 9.53 Å². The molecule has 0 aliphatic heterocycles. The molecule has 0 atom stereocenters. The van der Waals surface area contributed by atoms with Gasteiger partial charge in [0.2, 0.25) is 0 Å². The first-order chi connectivity index (χ1) is 4.68. The lowest BCUT2D eigenvalue weighted by molar-refractivity contribution is -0.120. The van der Waals surface area contributed by atoms with Crippen molar-refractivity contribution in [2.45, 2.75) is 6.92 Å². The Kier molecular flexibility index (Phi) is 4.80. The van der Waals surface area contributed by atoms with Gasteiger partial charge < -0.3 is 9.84 Å². The van der Waals surface area contributed by atoms with Gasteiger partial charge in [-0.2, -0.15) is 0 Å². The van der Waals surface area contributed by atoms with Crippen LogP contribution < -0.4 is 0 Å². The van der Waals surface area contributed by atoms with Gasteiger partial charge in [0.05, 0.1) is 13.2 Å². The molecule has 0 aliphatic rings. The number of carbonyl (C=O) groups is 1. The van der Waals surface area contributed by atoms with Crippen molar-refractivity contribution in [1.29, 1.82) is 0 Å². The van der Waals surface area contributed by atoms with Crippen LogP contribution in [0.4, 0.5) is 0 Å². The standard InChI is InChI=1S/C7H12O3/c1-6(2)7(9)5-10-4-3-8/h8H,1,3-5H2,2H3. The van der Waals surface area contributed by atoms with Crippen molar-refractivity contribution in [2.24, 2.45) is 0 Å². The fraction of sp³-hybridized carbons (Fsp3) is 0.571. The number of aliphatic hydroxyl groups is 1. The Bertz CT molecular complexity index is 129. The summed E-state index contributed by atoms with van der Waals surface area (Å²) in [6.07, 6.45) is 0. The number of Topliss-reactive ketones (excluding diaryl/α,β-unsaturated/α-hetero) is 1. The Morgan fingerprint density at radius 3 is 2.70 bits per heavy atom. The molecule has 0 amide bonds. The van der Waals surface area contributed by atoms with Gasteiger partial charge in [0.25, 0.3) is 0 Å². The van der Waals surface area contributed by atoms with Crippen LogP contribution in [0.1, 0.15) is 6.92 Å². The normalized spacial score (nSPS) is 9.40. The van der Waals surface area contributed by atoms with E-state index in [0.29, 0.717) is 5.57 Å². The molecule has 0 aromatic heterocycles. The van der Waals surface area contributed by atoms with Crippen LogP contribution in [0.3, 0.4) is 0 Å². The van der Waals surface area contributed by atoms with Gasteiger partial charge in [-0.25, -0.2) is 0 Å². The zero-order valence-corrected chi connectivity index (χ0v) is 6.09. The first-order valence-corrected chi connectivity index (χ1v) is 3.05. The van der Waals surface area contributed by atoms with Gasteiger partial charge in [-0.3, -0.25) is 4.79 Å². The second kappa shape index (κ2) is 5.14. The molecule has 0 unspecified atom stereocenters. The highest BCUT2D eigenvalue weighted by Gasteiger charge is 2.00. The molecule has 0 rings (SSSR count). The van der Waals surface area contributed by atoms with Crippen molar-refractivity contribution in [2.75, 3.05) is 19.8 Å². The van der Waals surface area contributed by atoms with Crippen LogP contribution in [0, 0.1) is 0 Å². The lowest BCUT2D eigenvalue weighted by atomic mass is 10.2. The molecule has 0 aromatic rings. The molecule has 58 valence electrons. The van der Waals surface area contributed by atoms with E-state index in [1.165, 1.54) is 0 Å². The van der Waals surface area contributed by atoms with Gasteiger partial charge in [-0.15, -0.1) is 0 Å². The SMILES string of the molecule is C=C(C)C(=O)COCCO. The number of aliphatic hydroxyl groups excluding tert-OH is 1. The van der Waals surface area contributed by atoms with E-state index in [0.717, 1.165) is 0 Å². The third-order valence-corrected chi connectivity index (χ3v) is 0.945. The lowest BCUT2D eigenvalue weighted by Gasteiger charge is -1.99. The quantitative estimate of drug-likeness (QED) is 0.441. The summed E-state index contributed by atoms with van der Waals surface area (Å²) in [5, 5.41) is 8.26. The highest BCUT2D eigenvalue weighted by molar-refractivity contribution is 5.95. The number of hydrogen-bond donors (Lipinski definition) is 1. The van der Waals surface area contributed by atoms with Gasteiger partial charge in [-0.05, 0) is 12.5 Å². The summed E-state index contributed by atoms with van der Waals surface area (Å²) in [4.78, 5) is 10.7. The molecule has 0 spiro atoms. The van der Waals surface area contributed by atoms with E-state index in [-0.39, 0.29) is 25.6 Å². The Labute approximate surface area is 60.3 Å². The maximum absolute atomic E-state index is 10.7. The predicted molar refractivity (Wildman–Crippen MR) is 37.7 cm³/mol. The molecule has 0 radical (unpaired) electrons. The average molecular weight is 144 g/mol. The smallest absolute Gasteiger partial charge is 0.183 e. The molecule has 0 aliphatic carbocycles. The molecule has 3 heteroatoms. The lowest BCUT2D eigenvalue weighted by Crippen LogP contribution is -2.11. The fourth-order valence-corrected chi connectivity index (χ4v) is 0.353. The van der Waals surface area contributed by atoms with Crippen molar-refractivity contribution in [3.63, 3.8) is 0 Å². The molecular formula is C7H12O3. The van der Waals surface area contributed by atoms with Gasteiger partial charge in [-0.1, -0.05) is 6.58 Å². The van der Waals surface area contributed by atoms with Gasteiger partial charge in [0.1, 0.15) is 6.61 Å². The third kappa shape index (κ3) is 4.23. The Balaban J connectivity index is 3.31. The van der Waals surface area contributed by atoms with E-state index in [1.54, 1.807) is 6.92 Å². The highest BCUT2D eigenvalue weighted by Crippen LogP contribution is 1.89. The molecule has 0 bridgehead atoms. The maximum atomic E-state index is 10.7. The summed E-state index contributed by atoms with van der Waals surface area (Å²) in [7, 11) is 0. The first kappa shape index (κ1) is 9.33. The van der Waals surface area contributed by atoms with Crippen LogP contribution >= 0.6 is 0 Å². The Hall–Kier alpha value is -0.670. The van der Waals surface area contributed by atoms with E-state index < -0.39 is 0 Å². The minimum atomic E-state index is -0.117. The van der Waals surface area contributed by atoms with Crippen molar-refractivity contribution >= 4 is 5.78 Å². The summed E-state index contributed by atoms with van der Waals surface area (Å²) in [5.74, 6) is -0.117. The molecule has 1 N–H and O–H groups in total. The molecule has 0 heterocycles. The molecular weight excluding hydrogens is 132 g/mol. The number of ketones is 1. The number of carbonyl (C=O) groups excluding carboxylic acids is 1. The van der Waals surface area contributed by atoms with Crippen LogP contribution in [0.25, 0.3) is 0 Å². The van der Waals surface area contributed by atoms with Gasteiger partial charge in [0.15, 0.2) is 5.78 Å². The van der Waals surface area contributed by atoms with Crippen LogP contribution in [0.5, 0.6) is 0 Å². The maximum Gasteiger partial charge on any atom is 0.183 e. The largest absolute Gasteiger partial charge is 0.394 e. The molecule has 10 heavy (non-hydrogen) atoms. The first-order valence-electron chi connectivity index (χ1n) is 3.05. The summed E-state index contributed by atoms with van der Waals surface area (Å²) in [6, 6.07) is 0. The minimum absolute atomic E-state index is 0.0237. The summed E-state index contributed by atoms with van der Waals surface area (Å²) in [6.45, 7) is 5.25. The molecule has 0 saturated carbocycles. The van der Waals surface area contributed by atoms with E-state index in [1.807, 2.05) is 0 Å². The summed E-state index contributed by atoms with van der Waals surface area (Å²) >= 11 is 0. The zero-order chi connectivity index (χ0) is 7.98. The summed E-state index contributed by atoms with van der Waals surface area (Å²) < 4.78 is 4.75. The van der Waals surface area contributed by atoms with E-state index >= 15 is 0 Å². The van der Waals surface area contributed by atoms with Crippen LogP contribution in [0.2, 0.25) is 0 Å². The van der Waals surface area contributed by atoms with Crippen molar-refractivity contribution < 1.29 is 14.6 Å². The predicted octanol–water partition coefficient (Wildman–Crippen LogP) is 0.141. The molecule has 0 saturated heterocycles. The molecule has 0 aromatic carbocycles. The van der Waals surface area contributed by atoms with E-state index in [4.69, 9.17) is 9.84 Å². The monoisotopic (exact) mass is 144 g/mol. The van der Waals surface area contributed by atoms with E-state index in [2.05, 4.69) is 6.58 Å². The van der Waals surface area contributed by atoms with Crippen LogP contribution in [-0.4, -0.2) is 30.7 Å². The second-order valence-corrected chi connectivity index (χ2v) is 1.98. The topological polar surface area (TPSA) is 46.5 Å². The Morgan fingerprint density at radius 1 is 1.70 bits per heavy atom. The van der Waals surface area contributed by atoms with Crippen LogP contribution in [0.15, 0.2) is 12.2 Å². The number of hydrogen-bond acceptors (Lipinski definition) is 3. The van der Waals surface area contributed by atoms with Crippen molar-refractivity contribution in [1.82, 2.24) is 0 Å². The highest BCUT2D eigenvalue weighted by atomic mass is 16.5. The van der Waals surface area contributed by atoms with Gasteiger partial charge >= 0.3 is 0 Å². The molecule has 3 nitrogen and oxygen atoms in total. The summed E-state index contributed by atoms with van der Waals surface area (Å²) in [5.41, 5.74) is 0.484. The van der Waals surface area contributed by atoms with Gasteiger partial charge in [0, 0.05) is 0 Å². The van der Waals surface area contributed by atoms with Crippen molar-refractivity contribution in [3.05, 3.63) is 12.2 Å². The second-order valence-electron chi connectivity index (χ2n) is 1.98.